The van der Waals surface area contributed by atoms with Gasteiger partial charge in [-0.3, -0.25) is 0 Å². The van der Waals surface area contributed by atoms with Crippen LogP contribution >= 0.6 is 0 Å². The minimum Gasteiger partial charge on any atom is -0.459 e. The summed E-state index contributed by atoms with van der Waals surface area (Å²) in [5.74, 6) is -0.300. The van der Waals surface area contributed by atoms with E-state index >= 15 is 0 Å². The normalized spacial score (nSPS) is 11.0. The van der Waals surface area contributed by atoms with Crippen LogP contribution in [0.1, 0.15) is 50.9 Å². The molecule has 0 saturated carbocycles. The fraction of sp³-hybridized carbons (Fsp3) is 0.529. The number of ether oxygens (including phenoxy) is 1. The lowest BCUT2D eigenvalue weighted by atomic mass is 9.88. The van der Waals surface area contributed by atoms with Crippen LogP contribution in [-0.4, -0.2) is 18.6 Å². The molecule has 0 aliphatic carbocycles. The average Bonchev–Trinajstić information content (AvgIpc) is 2.43. The molecule has 0 amide bonds. The maximum atomic E-state index is 11.7. The molecular weight excluding hydrogens is 264 g/mol. The van der Waals surface area contributed by atoms with Crippen molar-refractivity contribution in [1.29, 1.82) is 5.26 Å². The number of nitriles is 1. The Bertz CT molecular complexity index is 499. The molecule has 0 fully saturated rings. The Labute approximate surface area is 127 Å². The third-order valence-corrected chi connectivity index (χ3v) is 3.15. The maximum absolute atomic E-state index is 11.7. The molecule has 0 spiro atoms. The second kappa shape index (κ2) is 7.68. The van der Waals surface area contributed by atoms with Gasteiger partial charge in [-0.25, -0.2) is 4.79 Å². The van der Waals surface area contributed by atoms with Crippen LogP contribution in [0.3, 0.4) is 0 Å². The van der Waals surface area contributed by atoms with Crippen LogP contribution in [0.25, 0.3) is 0 Å². The summed E-state index contributed by atoms with van der Waals surface area (Å²) in [5.41, 5.74) is 1.57. The standard InChI is InChI=1S/C17H24N2O2/c1-13(2)21-16(20)14-6-8-15(9-7-14)19-12-17(3,4)10-5-11-18/h6-9,13,19H,5,10,12H2,1-4H3. The number of carbonyl (C=O) groups is 1. The van der Waals surface area contributed by atoms with Gasteiger partial charge < -0.3 is 10.1 Å². The summed E-state index contributed by atoms with van der Waals surface area (Å²) < 4.78 is 5.14. The number of anilines is 1. The molecule has 0 unspecified atom stereocenters. The predicted octanol–water partition coefficient (Wildman–Crippen LogP) is 3.99. The molecule has 4 nitrogen and oxygen atoms in total. The van der Waals surface area contributed by atoms with Gasteiger partial charge in [-0.05, 0) is 49.9 Å². The van der Waals surface area contributed by atoms with Crippen molar-refractivity contribution in [2.75, 3.05) is 11.9 Å². The zero-order chi connectivity index (χ0) is 15.9. The van der Waals surface area contributed by atoms with E-state index in [0.717, 1.165) is 18.7 Å². The van der Waals surface area contributed by atoms with Crippen molar-refractivity contribution in [2.24, 2.45) is 5.41 Å². The minimum atomic E-state index is -0.300. The number of rotatable bonds is 7. The van der Waals surface area contributed by atoms with Crippen LogP contribution in [-0.2, 0) is 4.74 Å². The summed E-state index contributed by atoms with van der Waals surface area (Å²) >= 11 is 0. The van der Waals surface area contributed by atoms with Gasteiger partial charge in [0, 0.05) is 18.7 Å². The van der Waals surface area contributed by atoms with E-state index in [9.17, 15) is 4.79 Å². The monoisotopic (exact) mass is 288 g/mol. The Morgan fingerprint density at radius 1 is 1.33 bits per heavy atom. The second-order valence-corrected chi connectivity index (χ2v) is 6.21. The fourth-order valence-corrected chi connectivity index (χ4v) is 1.83. The van der Waals surface area contributed by atoms with E-state index in [1.54, 1.807) is 12.1 Å². The van der Waals surface area contributed by atoms with Crippen molar-refractivity contribution in [3.63, 3.8) is 0 Å². The molecule has 0 bridgehead atoms. The van der Waals surface area contributed by atoms with Crippen molar-refractivity contribution in [3.8, 4) is 6.07 Å². The molecule has 0 heterocycles. The second-order valence-electron chi connectivity index (χ2n) is 6.21. The van der Waals surface area contributed by atoms with Crippen molar-refractivity contribution in [3.05, 3.63) is 29.8 Å². The van der Waals surface area contributed by atoms with E-state index in [0.29, 0.717) is 12.0 Å². The van der Waals surface area contributed by atoms with E-state index in [4.69, 9.17) is 10.00 Å². The lowest BCUT2D eigenvalue weighted by Crippen LogP contribution is -2.22. The van der Waals surface area contributed by atoms with Gasteiger partial charge in [0.15, 0.2) is 0 Å². The molecule has 0 aromatic heterocycles. The summed E-state index contributed by atoms with van der Waals surface area (Å²) in [4.78, 5) is 11.7. The van der Waals surface area contributed by atoms with Gasteiger partial charge in [0.1, 0.15) is 0 Å². The Hall–Kier alpha value is -2.02. The number of hydrogen-bond acceptors (Lipinski definition) is 4. The van der Waals surface area contributed by atoms with Gasteiger partial charge in [0.25, 0.3) is 0 Å². The third-order valence-electron chi connectivity index (χ3n) is 3.15. The van der Waals surface area contributed by atoms with Crippen LogP contribution in [0.2, 0.25) is 0 Å². The highest BCUT2D eigenvalue weighted by Crippen LogP contribution is 2.23. The molecule has 0 radical (unpaired) electrons. The number of hydrogen-bond donors (Lipinski definition) is 1. The number of nitrogens with one attached hydrogen (secondary N) is 1. The summed E-state index contributed by atoms with van der Waals surface area (Å²) in [6.07, 6.45) is 1.31. The Kier molecular flexibility index (Phi) is 6.23. The Morgan fingerprint density at radius 2 is 1.95 bits per heavy atom. The number of esters is 1. The van der Waals surface area contributed by atoms with Crippen molar-refractivity contribution in [1.82, 2.24) is 0 Å². The SMILES string of the molecule is CC(C)OC(=O)c1ccc(NCC(C)(C)CCC#N)cc1. The van der Waals surface area contributed by atoms with E-state index in [1.807, 2.05) is 26.0 Å². The lowest BCUT2D eigenvalue weighted by Gasteiger charge is -2.24. The van der Waals surface area contributed by atoms with Gasteiger partial charge in [0.2, 0.25) is 0 Å². The van der Waals surface area contributed by atoms with Crippen LogP contribution in [0.4, 0.5) is 5.69 Å². The van der Waals surface area contributed by atoms with E-state index in [-0.39, 0.29) is 17.5 Å². The molecule has 21 heavy (non-hydrogen) atoms. The maximum Gasteiger partial charge on any atom is 0.338 e. The highest BCUT2D eigenvalue weighted by molar-refractivity contribution is 5.89. The van der Waals surface area contributed by atoms with E-state index in [1.165, 1.54) is 0 Å². The van der Waals surface area contributed by atoms with Gasteiger partial charge in [-0.1, -0.05) is 13.8 Å². The van der Waals surface area contributed by atoms with Crippen molar-refractivity contribution in [2.45, 2.75) is 46.6 Å². The zero-order valence-electron chi connectivity index (χ0n) is 13.3. The summed E-state index contributed by atoms with van der Waals surface area (Å²) in [6, 6.07) is 9.44. The lowest BCUT2D eigenvalue weighted by molar-refractivity contribution is 0.0378. The first-order valence-corrected chi connectivity index (χ1v) is 7.26. The van der Waals surface area contributed by atoms with E-state index < -0.39 is 0 Å². The highest BCUT2D eigenvalue weighted by atomic mass is 16.5. The highest BCUT2D eigenvalue weighted by Gasteiger charge is 2.17. The first-order valence-electron chi connectivity index (χ1n) is 7.26. The third kappa shape index (κ3) is 6.31. The van der Waals surface area contributed by atoms with Crippen molar-refractivity contribution >= 4 is 11.7 Å². The van der Waals surface area contributed by atoms with Crippen molar-refractivity contribution < 1.29 is 9.53 Å². The molecule has 114 valence electrons. The summed E-state index contributed by atoms with van der Waals surface area (Å²) in [5, 5.41) is 12.0. The molecular formula is C17H24N2O2. The predicted molar refractivity (Wildman–Crippen MR) is 84.1 cm³/mol. The quantitative estimate of drug-likeness (QED) is 0.770. The first kappa shape index (κ1) is 17.0. The van der Waals surface area contributed by atoms with Crippen LogP contribution in [0, 0.1) is 16.7 Å². The smallest absolute Gasteiger partial charge is 0.338 e. The molecule has 1 aromatic rings. The van der Waals surface area contributed by atoms with Crippen LogP contribution < -0.4 is 5.32 Å². The number of benzene rings is 1. The molecule has 0 aliphatic rings. The molecule has 0 atom stereocenters. The average molecular weight is 288 g/mol. The Morgan fingerprint density at radius 3 is 2.48 bits per heavy atom. The molecule has 1 N–H and O–H groups in total. The molecule has 1 rings (SSSR count). The minimum absolute atomic E-state index is 0.0605. The molecule has 0 aliphatic heterocycles. The zero-order valence-corrected chi connectivity index (χ0v) is 13.3. The number of nitrogens with zero attached hydrogens (tertiary/aromatic N) is 1. The number of carbonyl (C=O) groups excluding carboxylic acids is 1. The fourth-order valence-electron chi connectivity index (χ4n) is 1.83. The van der Waals surface area contributed by atoms with E-state index in [2.05, 4.69) is 25.2 Å². The molecule has 1 aromatic carbocycles. The van der Waals surface area contributed by atoms with Gasteiger partial charge in [0.05, 0.1) is 17.7 Å². The molecule has 0 saturated heterocycles. The summed E-state index contributed by atoms with van der Waals surface area (Å²) in [7, 11) is 0. The molecule has 4 heteroatoms. The Balaban J connectivity index is 2.55. The van der Waals surface area contributed by atoms with Gasteiger partial charge in [-0.15, -0.1) is 0 Å². The van der Waals surface area contributed by atoms with Gasteiger partial charge >= 0.3 is 5.97 Å². The summed E-state index contributed by atoms with van der Waals surface area (Å²) in [6.45, 7) is 8.70. The van der Waals surface area contributed by atoms with Crippen LogP contribution in [0.15, 0.2) is 24.3 Å². The first-order chi connectivity index (χ1) is 9.84. The van der Waals surface area contributed by atoms with Crippen LogP contribution in [0.5, 0.6) is 0 Å². The largest absolute Gasteiger partial charge is 0.459 e. The van der Waals surface area contributed by atoms with Gasteiger partial charge in [-0.2, -0.15) is 5.26 Å². The topological polar surface area (TPSA) is 62.1 Å².